The van der Waals surface area contributed by atoms with Gasteiger partial charge < -0.3 is 0 Å². The lowest BCUT2D eigenvalue weighted by atomic mass is 10.2. The lowest BCUT2D eigenvalue weighted by Crippen LogP contribution is -2.28. The number of hydrogen-bond donors (Lipinski definition) is 0. The van der Waals surface area contributed by atoms with Gasteiger partial charge in [0.25, 0.3) is 15.7 Å². The van der Waals surface area contributed by atoms with Crippen LogP contribution >= 0.6 is 0 Å². The van der Waals surface area contributed by atoms with Crippen molar-refractivity contribution in [3.05, 3.63) is 33.9 Å². The molecule has 0 unspecified atom stereocenters. The van der Waals surface area contributed by atoms with Gasteiger partial charge in [0.2, 0.25) is 0 Å². The summed E-state index contributed by atoms with van der Waals surface area (Å²) in [6.45, 7) is 1.36. The van der Waals surface area contributed by atoms with Crippen molar-refractivity contribution in [2.24, 2.45) is 0 Å². The average Bonchev–Trinajstić information content (AvgIpc) is 2.28. The summed E-state index contributed by atoms with van der Waals surface area (Å²) in [5.74, 6) is 2.19. The maximum absolute atomic E-state index is 12.2. The summed E-state index contributed by atoms with van der Waals surface area (Å²) in [5, 5.41) is 10.9. The molecule has 1 aromatic carbocycles. The number of benzene rings is 1. The highest BCUT2D eigenvalue weighted by molar-refractivity contribution is 7.89. The number of aryl methyl sites for hydroxylation is 1. The van der Waals surface area contributed by atoms with Crippen LogP contribution in [0.5, 0.6) is 0 Å². The van der Waals surface area contributed by atoms with Gasteiger partial charge in [-0.15, -0.1) is 6.42 Å². The molecule has 18 heavy (non-hydrogen) atoms. The van der Waals surface area contributed by atoms with Gasteiger partial charge in [-0.25, -0.2) is 8.42 Å². The minimum Gasteiger partial charge on any atom is -0.258 e. The van der Waals surface area contributed by atoms with Crippen LogP contribution in [0.2, 0.25) is 0 Å². The minimum atomic E-state index is -3.96. The molecule has 0 spiro atoms. The van der Waals surface area contributed by atoms with E-state index in [2.05, 4.69) is 5.92 Å². The Labute approximate surface area is 105 Å². The molecule has 0 aliphatic heterocycles. The van der Waals surface area contributed by atoms with Crippen LogP contribution in [0.15, 0.2) is 23.1 Å². The number of nitrogens with zero attached hydrogens (tertiary/aromatic N) is 2. The third-order valence-electron chi connectivity index (χ3n) is 2.37. The third kappa shape index (κ3) is 2.50. The van der Waals surface area contributed by atoms with Crippen molar-refractivity contribution >= 4 is 15.7 Å². The van der Waals surface area contributed by atoms with Crippen LogP contribution in [0, 0.1) is 29.4 Å². The molecule has 0 atom stereocenters. The molecule has 0 saturated carbocycles. The first-order chi connectivity index (χ1) is 8.32. The van der Waals surface area contributed by atoms with Gasteiger partial charge in [-0.2, -0.15) is 4.31 Å². The van der Waals surface area contributed by atoms with Crippen LogP contribution in [0.1, 0.15) is 5.56 Å². The Morgan fingerprint density at radius 2 is 2.11 bits per heavy atom. The summed E-state index contributed by atoms with van der Waals surface area (Å²) in [6, 6.07) is 4.10. The van der Waals surface area contributed by atoms with Crippen molar-refractivity contribution in [2.75, 3.05) is 13.6 Å². The van der Waals surface area contributed by atoms with Crippen molar-refractivity contribution in [3.63, 3.8) is 0 Å². The first-order valence-corrected chi connectivity index (χ1v) is 6.40. The van der Waals surface area contributed by atoms with Gasteiger partial charge >= 0.3 is 0 Å². The Kier molecular flexibility index (Phi) is 4.06. The Bertz CT molecular complexity index is 616. The predicted molar refractivity (Wildman–Crippen MR) is 66.5 cm³/mol. The van der Waals surface area contributed by atoms with E-state index in [9.17, 15) is 18.5 Å². The molecule has 0 fully saturated rings. The zero-order valence-electron chi connectivity index (χ0n) is 9.95. The van der Waals surface area contributed by atoms with Crippen molar-refractivity contribution in [1.82, 2.24) is 4.31 Å². The van der Waals surface area contributed by atoms with Gasteiger partial charge in [-0.3, -0.25) is 10.1 Å². The molecule has 0 aliphatic carbocycles. The second-order valence-electron chi connectivity index (χ2n) is 3.65. The van der Waals surface area contributed by atoms with E-state index in [4.69, 9.17) is 6.42 Å². The minimum absolute atomic E-state index is 0.145. The molecule has 0 bridgehead atoms. The Morgan fingerprint density at radius 1 is 1.50 bits per heavy atom. The predicted octanol–water partition coefficient (Wildman–Crippen LogP) is 1.16. The van der Waals surface area contributed by atoms with Crippen LogP contribution in [0.4, 0.5) is 5.69 Å². The normalized spacial score (nSPS) is 11.2. The maximum Gasteiger partial charge on any atom is 0.289 e. The summed E-state index contributed by atoms with van der Waals surface area (Å²) < 4.78 is 25.3. The van der Waals surface area contributed by atoms with Crippen molar-refractivity contribution in [1.29, 1.82) is 0 Å². The van der Waals surface area contributed by atoms with E-state index < -0.39 is 20.6 Å². The number of terminal acetylenes is 1. The second kappa shape index (κ2) is 5.16. The molecule has 96 valence electrons. The molecular weight excluding hydrogens is 256 g/mol. The molecular formula is C11H12N2O4S. The van der Waals surface area contributed by atoms with Crippen molar-refractivity contribution < 1.29 is 13.3 Å². The molecule has 0 aliphatic rings. The summed E-state index contributed by atoms with van der Waals surface area (Å²) in [4.78, 5) is 9.85. The fourth-order valence-electron chi connectivity index (χ4n) is 1.49. The summed E-state index contributed by atoms with van der Waals surface area (Å²) >= 11 is 0. The number of hydrogen-bond acceptors (Lipinski definition) is 4. The van der Waals surface area contributed by atoms with Gasteiger partial charge in [0.15, 0.2) is 4.90 Å². The SMILES string of the molecule is C#CCN(C)S(=O)(=O)c1c(C)cccc1[N+](=O)[O-]. The molecule has 0 heterocycles. The molecule has 1 rings (SSSR count). The maximum atomic E-state index is 12.2. The monoisotopic (exact) mass is 268 g/mol. The smallest absolute Gasteiger partial charge is 0.258 e. The first-order valence-electron chi connectivity index (χ1n) is 4.96. The van der Waals surface area contributed by atoms with Crippen molar-refractivity contribution in [2.45, 2.75) is 11.8 Å². The number of nitro groups is 1. The zero-order valence-corrected chi connectivity index (χ0v) is 10.8. The molecule has 0 N–H and O–H groups in total. The largest absolute Gasteiger partial charge is 0.289 e. The quantitative estimate of drug-likeness (QED) is 0.466. The van der Waals surface area contributed by atoms with Gasteiger partial charge in [0.05, 0.1) is 11.5 Å². The lowest BCUT2D eigenvalue weighted by Gasteiger charge is -2.15. The van der Waals surface area contributed by atoms with Gasteiger partial charge in [-0.05, 0) is 12.5 Å². The fraction of sp³-hybridized carbons (Fsp3) is 0.273. The lowest BCUT2D eigenvalue weighted by molar-refractivity contribution is -0.387. The zero-order chi connectivity index (χ0) is 13.9. The molecule has 1 aromatic rings. The summed E-state index contributed by atoms with van der Waals surface area (Å²) in [5.41, 5.74) is -0.132. The first kappa shape index (κ1) is 14.2. The number of sulfonamides is 1. The molecule has 0 amide bonds. The molecule has 0 saturated heterocycles. The van der Waals surface area contributed by atoms with Crippen LogP contribution in [0.3, 0.4) is 0 Å². The van der Waals surface area contributed by atoms with Crippen molar-refractivity contribution in [3.8, 4) is 12.3 Å². The average molecular weight is 268 g/mol. The van der Waals surface area contributed by atoms with Crippen LogP contribution in [0.25, 0.3) is 0 Å². The van der Waals surface area contributed by atoms with Crippen LogP contribution in [-0.4, -0.2) is 31.2 Å². The highest BCUT2D eigenvalue weighted by atomic mass is 32.2. The molecule has 7 heteroatoms. The van der Waals surface area contributed by atoms with E-state index in [-0.39, 0.29) is 11.4 Å². The van der Waals surface area contributed by atoms with E-state index >= 15 is 0 Å². The Balaban J connectivity index is 3.51. The number of rotatable bonds is 4. The van der Waals surface area contributed by atoms with E-state index in [0.29, 0.717) is 5.56 Å². The van der Waals surface area contributed by atoms with Crippen LogP contribution in [-0.2, 0) is 10.0 Å². The van der Waals surface area contributed by atoms with E-state index in [0.717, 1.165) is 10.4 Å². The molecule has 0 aromatic heterocycles. The van der Waals surface area contributed by atoms with E-state index in [1.165, 1.54) is 26.1 Å². The van der Waals surface area contributed by atoms with Crippen LogP contribution < -0.4 is 0 Å². The fourth-order valence-corrected chi connectivity index (χ4v) is 2.92. The van der Waals surface area contributed by atoms with E-state index in [1.807, 2.05) is 0 Å². The topological polar surface area (TPSA) is 80.5 Å². The Morgan fingerprint density at radius 3 is 2.61 bits per heavy atom. The molecule has 0 radical (unpaired) electrons. The summed E-state index contributed by atoms with van der Waals surface area (Å²) in [6.07, 6.45) is 5.05. The van der Waals surface area contributed by atoms with E-state index in [1.54, 1.807) is 0 Å². The highest BCUT2D eigenvalue weighted by Gasteiger charge is 2.30. The van der Waals surface area contributed by atoms with Gasteiger partial charge in [-0.1, -0.05) is 18.1 Å². The van der Waals surface area contributed by atoms with Gasteiger partial charge in [0, 0.05) is 13.1 Å². The second-order valence-corrected chi connectivity index (χ2v) is 5.63. The summed E-state index contributed by atoms with van der Waals surface area (Å²) in [7, 11) is -2.68. The molecule has 6 nitrogen and oxygen atoms in total. The Hall–Kier alpha value is -1.91. The van der Waals surface area contributed by atoms with Gasteiger partial charge in [0.1, 0.15) is 0 Å². The standard InChI is InChI=1S/C11H12N2O4S/c1-4-8-12(3)18(16,17)11-9(2)6-5-7-10(11)13(14)15/h1,5-7H,8H2,2-3H3. The third-order valence-corrected chi connectivity index (χ3v) is 4.37. The number of nitro benzene ring substituents is 1. The highest BCUT2D eigenvalue weighted by Crippen LogP contribution is 2.28.